The second kappa shape index (κ2) is 6.56. The van der Waals surface area contributed by atoms with Crippen LogP contribution in [0.15, 0.2) is 71.3 Å². The van der Waals surface area contributed by atoms with Gasteiger partial charge in [-0.3, -0.25) is 0 Å². The summed E-state index contributed by atoms with van der Waals surface area (Å²) in [4.78, 5) is 8.17. The van der Waals surface area contributed by atoms with Crippen LogP contribution in [0.4, 0.5) is 17.2 Å². The van der Waals surface area contributed by atoms with Gasteiger partial charge < -0.3 is 10.5 Å². The lowest BCUT2D eigenvalue weighted by Crippen LogP contribution is -2.19. The summed E-state index contributed by atoms with van der Waals surface area (Å²) in [6.45, 7) is 0.992. The SMILES string of the molecule is Nc1ncnc2c1N=NN(c1cccc(OCc3ccccc3)c1)C2. The maximum Gasteiger partial charge on any atom is 0.155 e. The Morgan fingerprint density at radius 2 is 1.92 bits per heavy atom. The number of hydrogen-bond donors (Lipinski definition) is 1. The summed E-state index contributed by atoms with van der Waals surface area (Å²) in [5, 5.41) is 10.1. The Morgan fingerprint density at radius 3 is 2.80 bits per heavy atom. The van der Waals surface area contributed by atoms with E-state index in [4.69, 9.17) is 10.5 Å². The van der Waals surface area contributed by atoms with E-state index in [2.05, 4.69) is 20.3 Å². The van der Waals surface area contributed by atoms with Gasteiger partial charge in [0.25, 0.3) is 0 Å². The number of benzene rings is 2. The van der Waals surface area contributed by atoms with Crippen molar-refractivity contribution in [1.29, 1.82) is 0 Å². The number of anilines is 2. The Balaban J connectivity index is 1.51. The van der Waals surface area contributed by atoms with Gasteiger partial charge in [-0.05, 0) is 17.7 Å². The van der Waals surface area contributed by atoms with Crippen LogP contribution < -0.4 is 15.5 Å². The van der Waals surface area contributed by atoms with Crippen LogP contribution in [0.1, 0.15) is 11.3 Å². The van der Waals surface area contributed by atoms with E-state index in [0.29, 0.717) is 24.7 Å². The fourth-order valence-electron chi connectivity index (χ4n) is 2.55. The van der Waals surface area contributed by atoms with Gasteiger partial charge in [-0.2, -0.15) is 0 Å². The molecule has 0 amide bonds. The van der Waals surface area contributed by atoms with Crippen LogP contribution in [0.3, 0.4) is 0 Å². The molecule has 0 radical (unpaired) electrons. The fraction of sp³-hybridized carbons (Fsp3) is 0.111. The summed E-state index contributed by atoms with van der Waals surface area (Å²) in [6, 6.07) is 17.8. The van der Waals surface area contributed by atoms with Gasteiger partial charge >= 0.3 is 0 Å². The number of nitrogen functional groups attached to an aromatic ring is 1. The smallest absolute Gasteiger partial charge is 0.155 e. The zero-order chi connectivity index (χ0) is 17.1. The van der Waals surface area contributed by atoms with Gasteiger partial charge in [-0.15, -0.1) is 5.11 Å². The molecule has 2 heterocycles. The molecule has 0 unspecified atom stereocenters. The first-order valence-electron chi connectivity index (χ1n) is 7.85. The number of rotatable bonds is 4. The molecule has 7 nitrogen and oxygen atoms in total. The van der Waals surface area contributed by atoms with E-state index in [1.165, 1.54) is 6.33 Å². The molecule has 0 saturated heterocycles. The quantitative estimate of drug-likeness (QED) is 0.787. The molecule has 0 saturated carbocycles. The van der Waals surface area contributed by atoms with Gasteiger partial charge in [-0.1, -0.05) is 41.6 Å². The van der Waals surface area contributed by atoms with Crippen molar-refractivity contribution in [3.05, 3.63) is 72.2 Å². The lowest BCUT2D eigenvalue weighted by Gasteiger charge is -2.22. The molecule has 1 aromatic heterocycles. The van der Waals surface area contributed by atoms with Crippen molar-refractivity contribution in [3.8, 4) is 5.75 Å². The lowest BCUT2D eigenvalue weighted by atomic mass is 10.2. The monoisotopic (exact) mass is 332 g/mol. The van der Waals surface area contributed by atoms with Gasteiger partial charge in [0.1, 0.15) is 18.7 Å². The average molecular weight is 332 g/mol. The summed E-state index contributed by atoms with van der Waals surface area (Å²) >= 11 is 0. The van der Waals surface area contributed by atoms with Gasteiger partial charge in [0.15, 0.2) is 11.5 Å². The molecule has 3 aromatic rings. The van der Waals surface area contributed by atoms with Gasteiger partial charge in [-0.25, -0.2) is 15.0 Å². The molecule has 2 N–H and O–H groups in total. The molecule has 0 aliphatic carbocycles. The molecule has 0 fully saturated rings. The molecule has 1 aliphatic rings. The normalized spacial score (nSPS) is 12.7. The molecule has 0 atom stereocenters. The summed E-state index contributed by atoms with van der Waals surface area (Å²) in [7, 11) is 0. The van der Waals surface area contributed by atoms with Crippen molar-refractivity contribution in [2.24, 2.45) is 10.3 Å². The number of hydrogen-bond acceptors (Lipinski definition) is 7. The van der Waals surface area contributed by atoms with E-state index in [1.807, 2.05) is 54.6 Å². The first-order chi connectivity index (χ1) is 12.3. The van der Waals surface area contributed by atoms with E-state index < -0.39 is 0 Å². The van der Waals surface area contributed by atoms with Crippen LogP contribution in [0.5, 0.6) is 5.75 Å². The highest BCUT2D eigenvalue weighted by Crippen LogP contribution is 2.32. The van der Waals surface area contributed by atoms with E-state index in [1.54, 1.807) is 5.01 Å². The zero-order valence-electron chi connectivity index (χ0n) is 13.4. The standard InChI is InChI=1S/C18H16N6O/c19-18-17-16(20-12-21-18)10-24(23-22-17)14-7-4-8-15(9-14)25-11-13-5-2-1-3-6-13/h1-9,12H,10-11H2,(H2,19,20,21). The lowest BCUT2D eigenvalue weighted by molar-refractivity contribution is 0.306. The highest BCUT2D eigenvalue weighted by molar-refractivity contribution is 5.62. The second-order valence-electron chi connectivity index (χ2n) is 5.57. The molecule has 25 heavy (non-hydrogen) atoms. The predicted molar refractivity (Wildman–Crippen MR) is 94.4 cm³/mol. The molecule has 1 aliphatic heterocycles. The third kappa shape index (κ3) is 3.25. The number of aromatic nitrogens is 2. The summed E-state index contributed by atoms with van der Waals surface area (Å²) in [6.07, 6.45) is 1.44. The van der Waals surface area contributed by atoms with E-state index in [0.717, 1.165) is 22.7 Å². The molecule has 2 aromatic carbocycles. The molecular weight excluding hydrogens is 316 g/mol. The van der Waals surface area contributed by atoms with E-state index >= 15 is 0 Å². The van der Waals surface area contributed by atoms with Crippen LogP contribution >= 0.6 is 0 Å². The van der Waals surface area contributed by atoms with Crippen LogP contribution in [0.25, 0.3) is 0 Å². The highest BCUT2D eigenvalue weighted by atomic mass is 16.5. The maximum atomic E-state index is 5.87. The summed E-state index contributed by atoms with van der Waals surface area (Å²) in [5.41, 5.74) is 9.08. The zero-order valence-corrected chi connectivity index (χ0v) is 13.4. The first-order valence-corrected chi connectivity index (χ1v) is 7.85. The average Bonchev–Trinajstić information content (AvgIpc) is 2.67. The van der Waals surface area contributed by atoms with Crippen molar-refractivity contribution in [2.45, 2.75) is 13.2 Å². The summed E-state index contributed by atoms with van der Waals surface area (Å²) < 4.78 is 5.87. The van der Waals surface area contributed by atoms with Crippen molar-refractivity contribution >= 4 is 17.2 Å². The Kier molecular flexibility index (Phi) is 3.96. The Bertz CT molecular complexity index is 912. The molecule has 4 rings (SSSR count). The van der Waals surface area contributed by atoms with Crippen LogP contribution in [0, 0.1) is 0 Å². The third-order valence-electron chi connectivity index (χ3n) is 3.84. The maximum absolute atomic E-state index is 5.87. The highest BCUT2D eigenvalue weighted by Gasteiger charge is 2.19. The number of nitrogens with two attached hydrogens (primary N) is 1. The Morgan fingerprint density at radius 1 is 1.04 bits per heavy atom. The van der Waals surface area contributed by atoms with E-state index in [-0.39, 0.29) is 0 Å². The van der Waals surface area contributed by atoms with Crippen LogP contribution in [-0.2, 0) is 13.2 Å². The number of fused-ring (bicyclic) bond motifs is 1. The molecule has 7 heteroatoms. The summed E-state index contributed by atoms with van der Waals surface area (Å²) in [5.74, 6) is 1.11. The van der Waals surface area contributed by atoms with Crippen LogP contribution in [-0.4, -0.2) is 9.97 Å². The van der Waals surface area contributed by atoms with Crippen molar-refractivity contribution < 1.29 is 4.74 Å². The molecule has 0 bridgehead atoms. The first kappa shape index (κ1) is 15.1. The second-order valence-corrected chi connectivity index (χ2v) is 5.57. The van der Waals surface area contributed by atoms with E-state index in [9.17, 15) is 0 Å². The van der Waals surface area contributed by atoms with Crippen LogP contribution in [0.2, 0.25) is 0 Å². The molecular formula is C18H16N6O. The molecule has 124 valence electrons. The van der Waals surface area contributed by atoms with Crippen molar-refractivity contribution in [3.63, 3.8) is 0 Å². The van der Waals surface area contributed by atoms with Crippen molar-refractivity contribution in [1.82, 2.24) is 9.97 Å². The van der Waals surface area contributed by atoms with Gasteiger partial charge in [0.2, 0.25) is 0 Å². The largest absolute Gasteiger partial charge is 0.489 e. The number of ether oxygens (including phenoxy) is 1. The number of nitrogens with zero attached hydrogens (tertiary/aromatic N) is 5. The minimum Gasteiger partial charge on any atom is -0.489 e. The van der Waals surface area contributed by atoms with Gasteiger partial charge in [0.05, 0.1) is 17.9 Å². The predicted octanol–water partition coefficient (Wildman–Crippen LogP) is 3.66. The fourth-order valence-corrected chi connectivity index (χ4v) is 2.55. The minimum absolute atomic E-state index is 0.341. The molecule has 0 spiro atoms. The van der Waals surface area contributed by atoms with Gasteiger partial charge in [0, 0.05) is 6.07 Å². The minimum atomic E-state index is 0.341. The Labute approximate surface area is 144 Å². The third-order valence-corrected chi connectivity index (χ3v) is 3.84. The Hall–Kier alpha value is -3.48. The topological polar surface area (TPSA) is 89.0 Å². The van der Waals surface area contributed by atoms with Crippen molar-refractivity contribution in [2.75, 3.05) is 10.7 Å².